The number of hydrogen-bond donors (Lipinski definition) is 0. The van der Waals surface area contributed by atoms with Crippen LogP contribution in [0.5, 0.6) is 0 Å². The van der Waals surface area contributed by atoms with Gasteiger partial charge in [-0.25, -0.2) is 4.79 Å². The highest BCUT2D eigenvalue weighted by molar-refractivity contribution is 8.00. The number of benzene rings is 1. The summed E-state index contributed by atoms with van der Waals surface area (Å²) in [5, 5.41) is 0.504. The Morgan fingerprint density at radius 2 is 2.32 bits per heavy atom. The molecule has 0 saturated carbocycles. The predicted molar refractivity (Wildman–Crippen MR) is 75.8 cm³/mol. The van der Waals surface area contributed by atoms with Crippen LogP contribution >= 0.6 is 23.4 Å². The molecule has 19 heavy (non-hydrogen) atoms. The number of ether oxygens (including phenoxy) is 1. The summed E-state index contributed by atoms with van der Waals surface area (Å²) in [7, 11) is 0. The summed E-state index contributed by atoms with van der Waals surface area (Å²) in [6, 6.07) is 5.26. The molecule has 3 nitrogen and oxygen atoms in total. The SMILES string of the molecule is C=C(C)C(=O)OCC1CC(=O)c2cc(Cl)ccc2S1. The lowest BCUT2D eigenvalue weighted by Crippen LogP contribution is -2.23. The zero-order chi connectivity index (χ0) is 14.0. The molecule has 0 N–H and O–H groups in total. The molecule has 0 radical (unpaired) electrons. The standard InChI is InChI=1S/C14H13ClO3S/c1-8(2)14(17)18-7-10-6-12(16)11-5-9(15)3-4-13(11)19-10/h3-5,10H,1,6-7H2,2H3. The van der Waals surface area contributed by atoms with Gasteiger partial charge in [-0.15, -0.1) is 11.8 Å². The van der Waals surface area contributed by atoms with Crippen molar-refractivity contribution in [1.82, 2.24) is 0 Å². The average Bonchev–Trinajstić information content (AvgIpc) is 2.36. The summed E-state index contributed by atoms with van der Waals surface area (Å²) in [6.07, 6.45) is 0.349. The Labute approximate surface area is 121 Å². The molecule has 0 aromatic heterocycles. The second-order valence-electron chi connectivity index (χ2n) is 4.39. The molecule has 5 heteroatoms. The average molecular weight is 297 g/mol. The van der Waals surface area contributed by atoms with Crippen LogP contribution in [-0.2, 0) is 9.53 Å². The first kappa shape index (κ1) is 14.2. The van der Waals surface area contributed by atoms with Crippen LogP contribution < -0.4 is 0 Å². The molecule has 0 aliphatic carbocycles. The summed E-state index contributed by atoms with van der Waals surface area (Å²) in [4.78, 5) is 24.2. The molecule has 1 aromatic rings. The first-order valence-corrected chi connectivity index (χ1v) is 7.05. The normalized spacial score (nSPS) is 17.8. The number of esters is 1. The molecule has 0 saturated heterocycles. The zero-order valence-corrected chi connectivity index (χ0v) is 12.0. The summed E-state index contributed by atoms with van der Waals surface area (Å²) in [6.45, 7) is 5.32. The molecule has 0 spiro atoms. The Hall–Kier alpha value is -1.26. The van der Waals surface area contributed by atoms with Crippen LogP contribution in [0.2, 0.25) is 5.02 Å². The first-order valence-electron chi connectivity index (χ1n) is 5.79. The van der Waals surface area contributed by atoms with Gasteiger partial charge in [0.05, 0.1) is 5.25 Å². The molecule has 1 aromatic carbocycles. The van der Waals surface area contributed by atoms with Gasteiger partial charge >= 0.3 is 5.97 Å². The minimum Gasteiger partial charge on any atom is -0.461 e. The topological polar surface area (TPSA) is 43.4 Å². The van der Waals surface area contributed by atoms with Gasteiger partial charge < -0.3 is 4.74 Å². The van der Waals surface area contributed by atoms with Gasteiger partial charge in [0.25, 0.3) is 0 Å². The van der Waals surface area contributed by atoms with Crippen molar-refractivity contribution in [2.45, 2.75) is 23.5 Å². The molecule has 0 amide bonds. The molecule has 0 bridgehead atoms. The molecule has 1 heterocycles. The fourth-order valence-electron chi connectivity index (χ4n) is 1.75. The second kappa shape index (κ2) is 5.80. The van der Waals surface area contributed by atoms with Crippen LogP contribution in [0.15, 0.2) is 35.2 Å². The third-order valence-electron chi connectivity index (χ3n) is 2.70. The van der Waals surface area contributed by atoms with Gasteiger partial charge in [-0.3, -0.25) is 4.79 Å². The fourth-order valence-corrected chi connectivity index (χ4v) is 3.09. The largest absolute Gasteiger partial charge is 0.461 e. The number of rotatable bonds is 3. The van der Waals surface area contributed by atoms with Crippen LogP contribution in [0.25, 0.3) is 0 Å². The lowest BCUT2D eigenvalue weighted by molar-refractivity contribution is -0.138. The van der Waals surface area contributed by atoms with Crippen LogP contribution in [0, 0.1) is 0 Å². The summed E-state index contributed by atoms with van der Waals surface area (Å²) in [5.74, 6) is -0.387. The Balaban J connectivity index is 2.05. The molecule has 1 unspecified atom stereocenters. The Morgan fingerprint density at radius 1 is 1.58 bits per heavy atom. The number of Topliss-reactive ketones (excluding diaryl/α,β-unsaturated/α-hetero) is 1. The van der Waals surface area contributed by atoms with E-state index in [0.29, 0.717) is 22.6 Å². The number of ketones is 1. The van der Waals surface area contributed by atoms with Crippen molar-refractivity contribution >= 4 is 35.1 Å². The molecular weight excluding hydrogens is 284 g/mol. The van der Waals surface area contributed by atoms with E-state index in [2.05, 4.69) is 6.58 Å². The maximum absolute atomic E-state index is 12.0. The van der Waals surface area contributed by atoms with E-state index < -0.39 is 5.97 Å². The van der Waals surface area contributed by atoms with E-state index in [1.165, 1.54) is 11.8 Å². The summed E-state index contributed by atoms with van der Waals surface area (Å²) < 4.78 is 5.09. The van der Waals surface area contributed by atoms with Crippen LogP contribution in [0.3, 0.4) is 0 Å². The monoisotopic (exact) mass is 296 g/mol. The Morgan fingerprint density at radius 3 is 3.00 bits per heavy atom. The Kier molecular flexibility index (Phi) is 4.32. The maximum atomic E-state index is 12.0. The van der Waals surface area contributed by atoms with E-state index in [4.69, 9.17) is 16.3 Å². The third-order valence-corrected chi connectivity index (χ3v) is 4.18. The molecular formula is C14H13ClO3S. The Bertz CT molecular complexity index is 554. The lowest BCUT2D eigenvalue weighted by Gasteiger charge is -2.22. The van der Waals surface area contributed by atoms with E-state index >= 15 is 0 Å². The number of hydrogen-bond acceptors (Lipinski definition) is 4. The van der Waals surface area contributed by atoms with E-state index in [1.54, 1.807) is 19.1 Å². The summed E-state index contributed by atoms with van der Waals surface area (Å²) in [5.41, 5.74) is 1.01. The second-order valence-corrected chi connectivity index (χ2v) is 6.17. The summed E-state index contributed by atoms with van der Waals surface area (Å²) >= 11 is 7.41. The van der Waals surface area contributed by atoms with Crippen molar-refractivity contribution in [2.75, 3.05) is 6.61 Å². The van der Waals surface area contributed by atoms with Crippen molar-refractivity contribution in [2.24, 2.45) is 0 Å². The molecule has 1 aliphatic rings. The van der Waals surface area contributed by atoms with Crippen molar-refractivity contribution in [3.63, 3.8) is 0 Å². The highest BCUT2D eigenvalue weighted by Gasteiger charge is 2.27. The van der Waals surface area contributed by atoms with Gasteiger partial charge in [-0.1, -0.05) is 18.2 Å². The van der Waals surface area contributed by atoms with Gasteiger partial charge in [-0.2, -0.15) is 0 Å². The van der Waals surface area contributed by atoms with Gasteiger partial charge in [0.2, 0.25) is 0 Å². The number of carbonyl (C=O) groups excluding carboxylic acids is 2. The van der Waals surface area contributed by atoms with Crippen LogP contribution in [0.4, 0.5) is 0 Å². The fraction of sp³-hybridized carbons (Fsp3) is 0.286. The van der Waals surface area contributed by atoms with Crippen molar-refractivity contribution in [3.8, 4) is 0 Å². The third kappa shape index (κ3) is 3.39. The number of fused-ring (bicyclic) bond motifs is 1. The quantitative estimate of drug-likeness (QED) is 0.632. The molecule has 1 aliphatic heterocycles. The van der Waals surface area contributed by atoms with Gasteiger partial charge in [0, 0.05) is 27.5 Å². The first-order chi connectivity index (χ1) is 8.97. The van der Waals surface area contributed by atoms with Gasteiger partial charge in [0.1, 0.15) is 6.61 Å². The molecule has 100 valence electrons. The van der Waals surface area contributed by atoms with Crippen molar-refractivity contribution < 1.29 is 14.3 Å². The predicted octanol–water partition coefficient (Wildman–Crippen LogP) is 3.51. The number of thioether (sulfide) groups is 1. The van der Waals surface area contributed by atoms with Crippen LogP contribution in [0.1, 0.15) is 23.7 Å². The highest BCUT2D eigenvalue weighted by Crippen LogP contribution is 2.36. The molecule has 2 rings (SSSR count). The van der Waals surface area contributed by atoms with Gasteiger partial charge in [-0.05, 0) is 25.1 Å². The van der Waals surface area contributed by atoms with Gasteiger partial charge in [0.15, 0.2) is 5.78 Å². The highest BCUT2D eigenvalue weighted by atomic mass is 35.5. The molecule has 0 fully saturated rings. The minimum absolute atomic E-state index is 0.0348. The number of halogens is 1. The maximum Gasteiger partial charge on any atom is 0.333 e. The lowest BCUT2D eigenvalue weighted by atomic mass is 10.1. The molecule has 1 atom stereocenters. The van der Waals surface area contributed by atoms with E-state index in [1.807, 2.05) is 6.07 Å². The van der Waals surface area contributed by atoms with E-state index in [-0.39, 0.29) is 17.6 Å². The van der Waals surface area contributed by atoms with Crippen molar-refractivity contribution in [3.05, 3.63) is 40.9 Å². The zero-order valence-electron chi connectivity index (χ0n) is 10.4. The minimum atomic E-state index is -0.421. The number of carbonyl (C=O) groups is 2. The smallest absolute Gasteiger partial charge is 0.333 e. The van der Waals surface area contributed by atoms with E-state index in [0.717, 1.165) is 4.90 Å². The van der Waals surface area contributed by atoms with Crippen molar-refractivity contribution in [1.29, 1.82) is 0 Å². The van der Waals surface area contributed by atoms with E-state index in [9.17, 15) is 9.59 Å². The van der Waals surface area contributed by atoms with Crippen LogP contribution in [-0.4, -0.2) is 23.6 Å².